The van der Waals surface area contributed by atoms with E-state index >= 15 is 0 Å². The first kappa shape index (κ1) is 36.4. The van der Waals surface area contributed by atoms with Crippen LogP contribution in [0.1, 0.15) is 37.5 Å². The molecule has 0 saturated heterocycles. The number of carbonyl (C=O) groups is 3. The number of carbonyl (C=O) groups excluding carboxylic acids is 2. The average molecular weight is 739 g/mol. The Hall–Kier alpha value is -6.40. The molecule has 9 nitrogen and oxygen atoms in total. The van der Waals surface area contributed by atoms with Gasteiger partial charge in [0.15, 0.2) is 5.69 Å². The predicted molar refractivity (Wildman–Crippen MR) is 194 cm³/mol. The first-order valence-corrected chi connectivity index (χ1v) is 16.5. The van der Waals surface area contributed by atoms with Crippen molar-refractivity contribution >= 4 is 35.1 Å². The molecule has 0 aliphatic heterocycles. The van der Waals surface area contributed by atoms with Crippen molar-refractivity contribution in [1.82, 2.24) is 15.1 Å². The second-order valence-corrected chi connectivity index (χ2v) is 12.4. The lowest BCUT2D eigenvalue weighted by atomic mass is 9.99. The fraction of sp³-hybridized carbons (Fsp3) is 0.100. The zero-order valence-corrected chi connectivity index (χ0v) is 28.7. The maximum absolute atomic E-state index is 14.3. The topological polar surface area (TPSA) is 123 Å². The van der Waals surface area contributed by atoms with Gasteiger partial charge in [0.25, 0.3) is 11.8 Å². The van der Waals surface area contributed by atoms with E-state index in [0.29, 0.717) is 21.7 Å². The van der Waals surface area contributed by atoms with Crippen LogP contribution in [0.3, 0.4) is 0 Å². The van der Waals surface area contributed by atoms with Crippen molar-refractivity contribution in [2.24, 2.45) is 0 Å². The summed E-state index contributed by atoms with van der Waals surface area (Å²) in [6.07, 6.45) is -4.30. The van der Waals surface area contributed by atoms with Gasteiger partial charge in [-0.3, -0.25) is 9.59 Å². The lowest BCUT2D eigenvalue weighted by Crippen LogP contribution is -2.42. The fourth-order valence-electron chi connectivity index (χ4n) is 5.57. The van der Waals surface area contributed by atoms with Crippen LogP contribution in [0.25, 0.3) is 16.8 Å². The van der Waals surface area contributed by atoms with Gasteiger partial charge in [-0.15, -0.1) is 0 Å². The molecule has 0 aliphatic rings. The number of nitrogens with one attached hydrogen (secondary N) is 2. The Morgan fingerprint density at radius 3 is 2.21 bits per heavy atom. The molecule has 268 valence electrons. The van der Waals surface area contributed by atoms with Crippen LogP contribution in [0.4, 0.5) is 18.9 Å². The van der Waals surface area contributed by atoms with Gasteiger partial charge < -0.3 is 20.5 Å². The van der Waals surface area contributed by atoms with Crippen LogP contribution in [0.5, 0.6) is 11.5 Å². The monoisotopic (exact) mass is 738 g/mol. The third-order valence-electron chi connectivity index (χ3n) is 8.20. The minimum Gasteiger partial charge on any atom is -0.480 e. The number of nitrogens with zero attached hydrogens (tertiary/aromatic N) is 2. The van der Waals surface area contributed by atoms with Crippen LogP contribution in [0, 0.1) is 6.92 Å². The molecule has 13 heteroatoms. The quantitative estimate of drug-likeness (QED) is 0.122. The number of para-hydroxylation sites is 2. The zero-order valence-electron chi connectivity index (χ0n) is 27.9. The molecule has 0 unspecified atom stereocenters. The molecule has 0 aliphatic carbocycles. The second kappa shape index (κ2) is 15.5. The van der Waals surface area contributed by atoms with E-state index in [-0.39, 0.29) is 28.4 Å². The molecular weight excluding hydrogens is 709 g/mol. The molecule has 0 radical (unpaired) electrons. The Balaban J connectivity index is 1.20. The van der Waals surface area contributed by atoms with Crippen molar-refractivity contribution in [3.05, 3.63) is 160 Å². The minimum atomic E-state index is -4.97. The molecule has 6 rings (SSSR count). The molecule has 3 N–H and O–H groups in total. The van der Waals surface area contributed by atoms with Gasteiger partial charge in [-0.2, -0.15) is 18.3 Å². The Morgan fingerprint density at radius 1 is 0.849 bits per heavy atom. The lowest BCUT2D eigenvalue weighted by molar-refractivity contribution is -0.143. The predicted octanol–water partition coefficient (Wildman–Crippen LogP) is 8.99. The largest absolute Gasteiger partial charge is 0.480 e. The number of aryl methyl sites for hydroxylation is 1. The standard InChI is InChI=1S/C40H30ClF3N4O5/c1-24-11-18-28(19-12-24)48-36(40(42,43)44)32(23-45-48)38(50)46-33-20-17-27(41)22-31(33)37(49)47-34(39(51)52)21-25-13-15-26(16-14-25)30-9-5-6-10-35(30)53-29-7-3-2-4-8-29/h2-20,22-23,34H,21H2,1H3,(H,46,50)(H,47,49)(H,51,52)/t34-/m0/s1. The number of carboxylic acid groups (broad SMARTS) is 1. The van der Waals surface area contributed by atoms with Crippen LogP contribution in [-0.2, 0) is 17.4 Å². The van der Waals surface area contributed by atoms with Crippen molar-refractivity contribution in [1.29, 1.82) is 0 Å². The molecule has 0 saturated carbocycles. The summed E-state index contributed by atoms with van der Waals surface area (Å²) in [7, 11) is 0. The summed E-state index contributed by atoms with van der Waals surface area (Å²) in [5.41, 5.74) is 0.553. The summed E-state index contributed by atoms with van der Waals surface area (Å²) in [6, 6.07) is 32.3. The SMILES string of the molecule is Cc1ccc(-n2ncc(C(=O)Nc3ccc(Cl)cc3C(=O)N[C@@H](Cc3ccc(-c4ccccc4Oc4ccccc4)cc3)C(=O)O)c2C(F)(F)F)cc1. The van der Waals surface area contributed by atoms with Gasteiger partial charge in [0.1, 0.15) is 17.5 Å². The van der Waals surface area contributed by atoms with E-state index in [2.05, 4.69) is 15.7 Å². The zero-order chi connectivity index (χ0) is 37.7. The van der Waals surface area contributed by atoms with Crippen molar-refractivity contribution < 1.29 is 37.4 Å². The van der Waals surface area contributed by atoms with Gasteiger partial charge in [0, 0.05) is 17.0 Å². The molecule has 2 amide bonds. The van der Waals surface area contributed by atoms with E-state index in [1.54, 1.807) is 31.2 Å². The maximum Gasteiger partial charge on any atom is 0.434 e. The number of carboxylic acids is 1. The maximum atomic E-state index is 14.3. The molecule has 1 aromatic heterocycles. The van der Waals surface area contributed by atoms with Crippen molar-refractivity contribution in [3.63, 3.8) is 0 Å². The average Bonchev–Trinajstić information content (AvgIpc) is 3.60. The fourth-order valence-corrected chi connectivity index (χ4v) is 5.75. The van der Waals surface area contributed by atoms with Gasteiger partial charge in [-0.1, -0.05) is 90.0 Å². The third kappa shape index (κ3) is 8.57. The van der Waals surface area contributed by atoms with Gasteiger partial charge in [-0.05, 0) is 66.6 Å². The van der Waals surface area contributed by atoms with Crippen LogP contribution >= 0.6 is 11.6 Å². The minimum absolute atomic E-state index is 0.0651. The molecule has 6 aromatic rings. The van der Waals surface area contributed by atoms with Crippen molar-refractivity contribution in [3.8, 4) is 28.3 Å². The van der Waals surface area contributed by atoms with E-state index < -0.39 is 41.3 Å². The number of ether oxygens (including phenoxy) is 1. The highest BCUT2D eigenvalue weighted by Gasteiger charge is 2.41. The van der Waals surface area contributed by atoms with Gasteiger partial charge >= 0.3 is 12.1 Å². The number of amides is 2. The molecule has 5 aromatic carbocycles. The number of alkyl halides is 3. The summed E-state index contributed by atoms with van der Waals surface area (Å²) in [5, 5.41) is 18.7. The summed E-state index contributed by atoms with van der Waals surface area (Å²) in [6.45, 7) is 1.77. The number of aliphatic carboxylic acids is 1. The number of anilines is 1. The highest BCUT2D eigenvalue weighted by Crippen LogP contribution is 2.35. The highest BCUT2D eigenvalue weighted by molar-refractivity contribution is 6.31. The molecule has 0 bridgehead atoms. The number of benzene rings is 5. The first-order valence-electron chi connectivity index (χ1n) is 16.2. The van der Waals surface area contributed by atoms with Crippen LogP contribution in [0.2, 0.25) is 5.02 Å². The number of aromatic nitrogens is 2. The Morgan fingerprint density at radius 2 is 1.53 bits per heavy atom. The molecule has 53 heavy (non-hydrogen) atoms. The molecular formula is C40H30ClF3N4O5. The van der Waals surface area contributed by atoms with E-state index in [1.165, 1.54) is 30.3 Å². The van der Waals surface area contributed by atoms with Gasteiger partial charge in [-0.25, -0.2) is 9.48 Å². The van der Waals surface area contributed by atoms with E-state index in [1.807, 2.05) is 66.7 Å². The second-order valence-electron chi connectivity index (χ2n) is 12.0. The van der Waals surface area contributed by atoms with Crippen molar-refractivity contribution in [2.45, 2.75) is 25.6 Å². The normalized spacial score (nSPS) is 11.8. The number of rotatable bonds is 11. The third-order valence-corrected chi connectivity index (χ3v) is 8.44. The van der Waals surface area contributed by atoms with Gasteiger partial charge in [0.05, 0.1) is 28.7 Å². The Kier molecular flexibility index (Phi) is 10.6. The van der Waals surface area contributed by atoms with E-state index in [9.17, 15) is 32.7 Å². The van der Waals surface area contributed by atoms with Crippen LogP contribution in [0.15, 0.2) is 128 Å². The first-order chi connectivity index (χ1) is 25.4. The Labute approximate surface area is 306 Å². The molecule has 1 atom stereocenters. The number of hydrogen-bond donors (Lipinski definition) is 3. The van der Waals surface area contributed by atoms with Crippen molar-refractivity contribution in [2.75, 3.05) is 5.32 Å². The Bertz CT molecular complexity index is 2280. The summed E-state index contributed by atoms with van der Waals surface area (Å²) in [4.78, 5) is 39.2. The van der Waals surface area contributed by atoms with Gasteiger partial charge in [0.2, 0.25) is 0 Å². The van der Waals surface area contributed by atoms with E-state index in [4.69, 9.17) is 16.3 Å². The van der Waals surface area contributed by atoms with Crippen LogP contribution < -0.4 is 15.4 Å². The molecule has 1 heterocycles. The summed E-state index contributed by atoms with van der Waals surface area (Å²) < 4.78 is 49.6. The molecule has 0 fully saturated rings. The molecule has 0 spiro atoms. The number of hydrogen-bond acceptors (Lipinski definition) is 5. The summed E-state index contributed by atoms with van der Waals surface area (Å²) in [5.74, 6) is -2.17. The summed E-state index contributed by atoms with van der Waals surface area (Å²) >= 11 is 6.15. The highest BCUT2D eigenvalue weighted by atomic mass is 35.5. The van der Waals surface area contributed by atoms with Crippen LogP contribution in [-0.4, -0.2) is 38.7 Å². The lowest BCUT2D eigenvalue weighted by Gasteiger charge is -2.18. The number of halogens is 4. The van der Waals surface area contributed by atoms with E-state index in [0.717, 1.165) is 22.9 Å². The smallest absolute Gasteiger partial charge is 0.434 e.